The third-order valence-electron chi connectivity index (χ3n) is 7.36. The van der Waals surface area contributed by atoms with E-state index in [2.05, 4.69) is 0 Å². The lowest BCUT2D eigenvalue weighted by molar-refractivity contribution is 0.0912. The number of alkyl halides is 2. The number of halogens is 4. The first-order chi connectivity index (χ1) is 15.0. The van der Waals surface area contributed by atoms with Gasteiger partial charge < -0.3 is 0 Å². The van der Waals surface area contributed by atoms with Crippen molar-refractivity contribution in [2.24, 2.45) is 17.8 Å². The van der Waals surface area contributed by atoms with Crippen LogP contribution in [0.4, 0.5) is 17.6 Å². The zero-order valence-corrected chi connectivity index (χ0v) is 18.5. The second kappa shape index (κ2) is 10.4. The van der Waals surface area contributed by atoms with Crippen LogP contribution < -0.4 is 0 Å². The average molecular weight is 451 g/mol. The predicted molar refractivity (Wildman–Crippen MR) is 119 cm³/mol. The normalized spacial score (nSPS) is 28.8. The Bertz CT molecular complexity index is 827. The van der Waals surface area contributed by atoms with Crippen LogP contribution in [0.15, 0.2) is 53.4 Å². The molecule has 2 aliphatic rings. The van der Waals surface area contributed by atoms with E-state index in [1.165, 1.54) is 12.1 Å². The van der Waals surface area contributed by atoms with Crippen LogP contribution in [-0.4, -0.2) is 11.7 Å². The van der Waals surface area contributed by atoms with Gasteiger partial charge in [0.25, 0.3) is 0 Å². The van der Waals surface area contributed by atoms with Crippen molar-refractivity contribution in [1.82, 2.24) is 0 Å². The zero-order chi connectivity index (χ0) is 21.8. The quantitative estimate of drug-likeness (QED) is 0.314. The molecule has 2 fully saturated rings. The van der Waals surface area contributed by atoms with E-state index in [1.807, 2.05) is 30.3 Å². The zero-order valence-electron chi connectivity index (χ0n) is 17.7. The van der Waals surface area contributed by atoms with Gasteiger partial charge in [0.2, 0.25) is 0 Å². The van der Waals surface area contributed by atoms with E-state index in [4.69, 9.17) is 0 Å². The summed E-state index contributed by atoms with van der Waals surface area (Å²) in [6, 6.07) is 13.5. The number of hydrogen-bond acceptors (Lipinski definition) is 1. The molecule has 2 saturated carbocycles. The lowest BCUT2D eigenvalue weighted by atomic mass is 9.68. The van der Waals surface area contributed by atoms with Gasteiger partial charge in [-0.2, -0.15) is 0 Å². The molecule has 0 radical (unpaired) electrons. The summed E-state index contributed by atoms with van der Waals surface area (Å²) in [5, 5.41) is 0. The molecular weight excluding hydrogens is 420 g/mol. The highest BCUT2D eigenvalue weighted by atomic mass is 32.2. The predicted octanol–water partition coefficient (Wildman–Crippen LogP) is 8.47. The molecule has 2 aromatic carbocycles. The summed E-state index contributed by atoms with van der Waals surface area (Å²) in [4.78, 5) is 0.768. The molecule has 2 aliphatic carbocycles. The maximum Gasteiger partial charge on any atom is 0.181 e. The molecular formula is C26H30F4S. The van der Waals surface area contributed by atoms with Gasteiger partial charge in [-0.15, -0.1) is 0 Å². The molecule has 0 aliphatic heterocycles. The third-order valence-corrected chi connectivity index (χ3v) is 8.39. The molecule has 168 valence electrons. The largest absolute Gasteiger partial charge is 0.243 e. The van der Waals surface area contributed by atoms with Crippen molar-refractivity contribution in [3.8, 4) is 0 Å². The molecule has 0 saturated heterocycles. The van der Waals surface area contributed by atoms with Gasteiger partial charge in [-0.05, 0) is 105 Å². The second-order valence-electron chi connectivity index (χ2n) is 9.19. The molecule has 5 heteroatoms. The maximum absolute atomic E-state index is 14.8. The molecule has 0 heterocycles. The van der Waals surface area contributed by atoms with Crippen molar-refractivity contribution >= 4 is 11.8 Å². The summed E-state index contributed by atoms with van der Waals surface area (Å²) >= 11 is 0.982. The molecule has 0 aromatic heterocycles. The standard InChI is InChI=1S/C26H30F4S/c27-23-15-14-21(16-24(23)28)19-8-6-17(7-9-19)18-10-12-20(13-11-18)25(29)26(30)31-22-4-2-1-3-5-22/h1-5,14-20,25-26H,6-13H2. The summed E-state index contributed by atoms with van der Waals surface area (Å²) < 4.78 is 56.0. The lowest BCUT2D eigenvalue weighted by Crippen LogP contribution is -2.31. The second-order valence-corrected chi connectivity index (χ2v) is 10.3. The van der Waals surface area contributed by atoms with Crippen LogP contribution in [0, 0.1) is 29.4 Å². The van der Waals surface area contributed by atoms with Crippen molar-refractivity contribution in [2.75, 3.05) is 0 Å². The fraction of sp³-hybridized carbons (Fsp3) is 0.538. The Kier molecular flexibility index (Phi) is 7.63. The minimum Gasteiger partial charge on any atom is -0.243 e. The molecule has 2 aromatic rings. The summed E-state index contributed by atoms with van der Waals surface area (Å²) in [5.74, 6) is -0.274. The fourth-order valence-corrected chi connectivity index (χ4v) is 6.46. The first kappa shape index (κ1) is 22.7. The molecule has 31 heavy (non-hydrogen) atoms. The van der Waals surface area contributed by atoms with E-state index in [9.17, 15) is 17.6 Å². The SMILES string of the molecule is Fc1ccc(C2CCC(C3CCC(C(F)C(F)Sc4ccccc4)CC3)CC2)cc1F. The topological polar surface area (TPSA) is 0 Å². The van der Waals surface area contributed by atoms with Gasteiger partial charge >= 0.3 is 0 Å². The van der Waals surface area contributed by atoms with Crippen LogP contribution in [0.3, 0.4) is 0 Å². The van der Waals surface area contributed by atoms with E-state index in [1.54, 1.807) is 6.07 Å². The van der Waals surface area contributed by atoms with Crippen LogP contribution in [0.25, 0.3) is 0 Å². The highest BCUT2D eigenvalue weighted by Crippen LogP contribution is 2.45. The molecule has 4 rings (SSSR count). The van der Waals surface area contributed by atoms with Gasteiger partial charge in [-0.25, -0.2) is 17.6 Å². The van der Waals surface area contributed by atoms with Crippen LogP contribution in [0.1, 0.15) is 62.8 Å². The Morgan fingerprint density at radius 3 is 1.94 bits per heavy atom. The molecule has 0 spiro atoms. The van der Waals surface area contributed by atoms with Crippen molar-refractivity contribution in [2.45, 2.75) is 73.9 Å². The number of rotatable bonds is 6. The Labute approximate surface area is 186 Å². The highest BCUT2D eigenvalue weighted by molar-refractivity contribution is 7.99. The third kappa shape index (κ3) is 5.66. The fourth-order valence-electron chi connectivity index (χ4n) is 5.53. The molecule has 0 bridgehead atoms. The van der Waals surface area contributed by atoms with Gasteiger partial charge in [0.15, 0.2) is 17.1 Å². The summed E-state index contributed by atoms with van der Waals surface area (Å²) in [6.07, 6.45) is 6.15. The van der Waals surface area contributed by atoms with Crippen LogP contribution in [0.2, 0.25) is 0 Å². The monoisotopic (exact) mass is 450 g/mol. The van der Waals surface area contributed by atoms with Gasteiger partial charge in [0, 0.05) is 4.90 Å². The van der Waals surface area contributed by atoms with Crippen LogP contribution in [-0.2, 0) is 0 Å². The van der Waals surface area contributed by atoms with Crippen molar-refractivity contribution in [1.29, 1.82) is 0 Å². The Morgan fingerprint density at radius 1 is 0.710 bits per heavy atom. The first-order valence-electron chi connectivity index (χ1n) is 11.5. The number of benzene rings is 2. The Balaban J connectivity index is 1.23. The van der Waals surface area contributed by atoms with E-state index in [0.29, 0.717) is 17.8 Å². The van der Waals surface area contributed by atoms with Crippen LogP contribution in [0.5, 0.6) is 0 Å². The van der Waals surface area contributed by atoms with E-state index < -0.39 is 23.3 Å². The van der Waals surface area contributed by atoms with Gasteiger partial charge in [-0.3, -0.25) is 0 Å². The van der Waals surface area contributed by atoms with Crippen molar-refractivity contribution in [3.05, 3.63) is 65.7 Å². The summed E-state index contributed by atoms with van der Waals surface area (Å²) in [6.45, 7) is 0. The lowest BCUT2D eigenvalue weighted by Gasteiger charge is -2.39. The van der Waals surface area contributed by atoms with E-state index in [0.717, 1.165) is 73.6 Å². The molecule has 0 N–H and O–H groups in total. The van der Waals surface area contributed by atoms with Gasteiger partial charge in [0.1, 0.15) is 6.17 Å². The minimum atomic E-state index is -1.52. The highest BCUT2D eigenvalue weighted by Gasteiger charge is 2.36. The van der Waals surface area contributed by atoms with Crippen molar-refractivity contribution in [3.63, 3.8) is 0 Å². The number of thioether (sulfide) groups is 1. The first-order valence-corrected chi connectivity index (χ1v) is 12.3. The Morgan fingerprint density at radius 2 is 1.32 bits per heavy atom. The smallest absolute Gasteiger partial charge is 0.181 e. The van der Waals surface area contributed by atoms with Gasteiger partial charge in [-0.1, -0.05) is 36.0 Å². The van der Waals surface area contributed by atoms with Crippen LogP contribution >= 0.6 is 11.8 Å². The van der Waals surface area contributed by atoms with E-state index >= 15 is 0 Å². The molecule has 2 unspecified atom stereocenters. The Hall–Kier alpha value is -1.49. The average Bonchev–Trinajstić information content (AvgIpc) is 2.81. The minimum absolute atomic E-state index is 0.194. The van der Waals surface area contributed by atoms with Crippen molar-refractivity contribution < 1.29 is 17.6 Å². The number of hydrogen-bond donors (Lipinski definition) is 0. The summed E-state index contributed by atoms with van der Waals surface area (Å²) in [5.41, 5.74) is -0.623. The van der Waals surface area contributed by atoms with Gasteiger partial charge in [0.05, 0.1) is 0 Å². The molecule has 2 atom stereocenters. The molecule has 0 amide bonds. The van der Waals surface area contributed by atoms with E-state index in [-0.39, 0.29) is 5.92 Å². The summed E-state index contributed by atoms with van der Waals surface area (Å²) in [7, 11) is 0. The molecule has 0 nitrogen and oxygen atoms in total. The maximum atomic E-state index is 14.8.